The number of nitrogens with one attached hydrogen (secondary N) is 1. The largest absolute Gasteiger partial charge is 0.495 e. The molecule has 1 N–H and O–H groups in total. The third kappa shape index (κ3) is 3.22. The first-order chi connectivity index (χ1) is 6.76. The second-order valence-corrected chi connectivity index (χ2v) is 3.11. The molecule has 1 unspecified atom stereocenters. The molecule has 78 valence electrons. The van der Waals surface area contributed by atoms with E-state index in [0.717, 1.165) is 11.4 Å². The van der Waals surface area contributed by atoms with Crippen LogP contribution in [0.1, 0.15) is 6.92 Å². The predicted octanol–water partition coefficient (Wildman–Crippen LogP) is 1.54. The lowest BCUT2D eigenvalue weighted by Gasteiger charge is -2.14. The first kappa shape index (κ1) is 10.8. The van der Waals surface area contributed by atoms with Gasteiger partial charge < -0.3 is 14.8 Å². The fraction of sp³-hybridized carbons (Fsp3) is 0.500. The van der Waals surface area contributed by atoms with Gasteiger partial charge in [0.25, 0.3) is 0 Å². The third-order valence-corrected chi connectivity index (χ3v) is 1.78. The number of hydrogen-bond donors (Lipinski definition) is 1. The van der Waals surface area contributed by atoms with Crippen LogP contribution in [0.2, 0.25) is 0 Å². The Kier molecular flexibility index (Phi) is 4.19. The van der Waals surface area contributed by atoms with Crippen LogP contribution in [-0.4, -0.2) is 31.9 Å². The third-order valence-electron chi connectivity index (χ3n) is 1.78. The van der Waals surface area contributed by atoms with E-state index in [9.17, 15) is 0 Å². The van der Waals surface area contributed by atoms with E-state index in [4.69, 9.17) is 9.47 Å². The monoisotopic (exact) mass is 196 g/mol. The van der Waals surface area contributed by atoms with Gasteiger partial charge in [0.2, 0.25) is 0 Å². The van der Waals surface area contributed by atoms with Gasteiger partial charge in [-0.25, -0.2) is 0 Å². The van der Waals surface area contributed by atoms with Crippen LogP contribution < -0.4 is 10.1 Å². The summed E-state index contributed by atoms with van der Waals surface area (Å²) in [4.78, 5) is 4.04. The van der Waals surface area contributed by atoms with E-state index in [1.807, 2.05) is 13.0 Å². The van der Waals surface area contributed by atoms with Gasteiger partial charge in [-0.05, 0) is 6.92 Å². The number of aromatic nitrogens is 1. The van der Waals surface area contributed by atoms with Gasteiger partial charge in [-0.15, -0.1) is 0 Å². The van der Waals surface area contributed by atoms with E-state index in [1.54, 1.807) is 26.6 Å². The average Bonchev–Trinajstić information content (AvgIpc) is 2.18. The average molecular weight is 196 g/mol. The Morgan fingerprint density at radius 3 is 2.86 bits per heavy atom. The van der Waals surface area contributed by atoms with Gasteiger partial charge in [0.1, 0.15) is 5.75 Å². The molecule has 0 aliphatic carbocycles. The van der Waals surface area contributed by atoms with Crippen molar-refractivity contribution < 1.29 is 9.47 Å². The summed E-state index contributed by atoms with van der Waals surface area (Å²) in [5.41, 5.74) is 0.939. The molecule has 0 aliphatic rings. The highest BCUT2D eigenvalue weighted by Gasteiger charge is 2.01. The molecule has 0 saturated heterocycles. The van der Waals surface area contributed by atoms with Gasteiger partial charge in [-0.1, -0.05) is 0 Å². The van der Waals surface area contributed by atoms with E-state index in [2.05, 4.69) is 10.3 Å². The maximum absolute atomic E-state index is 5.06. The zero-order valence-electron chi connectivity index (χ0n) is 8.78. The summed E-state index contributed by atoms with van der Waals surface area (Å²) in [7, 11) is 3.31. The molecule has 0 bridgehead atoms. The Morgan fingerprint density at radius 2 is 2.21 bits per heavy atom. The number of nitrogens with zero attached hydrogens (tertiary/aromatic N) is 1. The van der Waals surface area contributed by atoms with Crippen molar-refractivity contribution >= 4 is 5.69 Å². The molecule has 1 aromatic rings. The number of anilines is 1. The summed E-state index contributed by atoms with van der Waals surface area (Å²) in [6.45, 7) is 2.71. The summed E-state index contributed by atoms with van der Waals surface area (Å²) in [5, 5.41) is 3.25. The van der Waals surface area contributed by atoms with Crippen molar-refractivity contribution in [2.75, 3.05) is 26.1 Å². The first-order valence-corrected chi connectivity index (χ1v) is 4.50. The Labute approximate surface area is 84.3 Å². The molecule has 0 radical (unpaired) electrons. The molecule has 0 saturated carbocycles. The van der Waals surface area contributed by atoms with Crippen molar-refractivity contribution in [1.29, 1.82) is 0 Å². The van der Waals surface area contributed by atoms with Gasteiger partial charge in [0.15, 0.2) is 0 Å². The van der Waals surface area contributed by atoms with Gasteiger partial charge >= 0.3 is 0 Å². The van der Waals surface area contributed by atoms with E-state index >= 15 is 0 Å². The van der Waals surface area contributed by atoms with Crippen LogP contribution in [0.5, 0.6) is 5.75 Å². The number of pyridine rings is 1. The Morgan fingerprint density at radius 1 is 1.43 bits per heavy atom. The van der Waals surface area contributed by atoms with Crippen molar-refractivity contribution in [1.82, 2.24) is 4.98 Å². The van der Waals surface area contributed by atoms with Crippen LogP contribution in [0.15, 0.2) is 18.5 Å². The molecular formula is C10H16N2O2. The molecule has 4 nitrogen and oxygen atoms in total. The fourth-order valence-corrected chi connectivity index (χ4v) is 1.19. The van der Waals surface area contributed by atoms with Gasteiger partial charge in [0.05, 0.1) is 31.8 Å². The lowest BCUT2D eigenvalue weighted by atomic mass is 10.3. The summed E-state index contributed by atoms with van der Waals surface area (Å²) >= 11 is 0. The van der Waals surface area contributed by atoms with Crippen LogP contribution in [0, 0.1) is 0 Å². The standard InChI is InChI=1S/C10H16N2O2/c1-8(7-13-2)12-9-4-10(14-3)6-11-5-9/h4-6,8,12H,7H2,1-3H3. The van der Waals surface area contributed by atoms with Crippen LogP contribution in [0.4, 0.5) is 5.69 Å². The number of ether oxygens (including phenoxy) is 2. The van der Waals surface area contributed by atoms with Crippen LogP contribution in [0.25, 0.3) is 0 Å². The normalized spacial score (nSPS) is 12.2. The van der Waals surface area contributed by atoms with E-state index in [0.29, 0.717) is 6.61 Å². The minimum absolute atomic E-state index is 0.258. The van der Waals surface area contributed by atoms with Crippen molar-refractivity contribution in [3.8, 4) is 5.75 Å². The van der Waals surface area contributed by atoms with Crippen LogP contribution in [-0.2, 0) is 4.74 Å². The summed E-state index contributed by atoms with van der Waals surface area (Å²) in [6.07, 6.45) is 3.43. The van der Waals surface area contributed by atoms with Crippen molar-refractivity contribution in [3.63, 3.8) is 0 Å². The van der Waals surface area contributed by atoms with E-state index in [-0.39, 0.29) is 6.04 Å². The van der Waals surface area contributed by atoms with Gasteiger partial charge in [0, 0.05) is 19.2 Å². The topological polar surface area (TPSA) is 43.4 Å². The van der Waals surface area contributed by atoms with Gasteiger partial charge in [-0.3, -0.25) is 4.98 Å². The zero-order chi connectivity index (χ0) is 10.4. The van der Waals surface area contributed by atoms with Crippen molar-refractivity contribution in [2.45, 2.75) is 13.0 Å². The molecule has 0 spiro atoms. The molecule has 1 atom stereocenters. The smallest absolute Gasteiger partial charge is 0.139 e. The number of methoxy groups -OCH3 is 2. The van der Waals surface area contributed by atoms with Gasteiger partial charge in [-0.2, -0.15) is 0 Å². The highest BCUT2D eigenvalue weighted by molar-refractivity contribution is 5.45. The lowest BCUT2D eigenvalue weighted by molar-refractivity contribution is 0.190. The quantitative estimate of drug-likeness (QED) is 0.775. The number of rotatable bonds is 5. The number of hydrogen-bond acceptors (Lipinski definition) is 4. The fourth-order valence-electron chi connectivity index (χ4n) is 1.19. The van der Waals surface area contributed by atoms with Crippen molar-refractivity contribution in [2.24, 2.45) is 0 Å². The summed E-state index contributed by atoms with van der Waals surface area (Å²) in [6, 6.07) is 2.16. The summed E-state index contributed by atoms with van der Waals surface area (Å²) < 4.78 is 10.1. The molecule has 1 heterocycles. The van der Waals surface area contributed by atoms with E-state index < -0.39 is 0 Å². The highest BCUT2D eigenvalue weighted by atomic mass is 16.5. The Bertz CT molecular complexity index is 279. The maximum Gasteiger partial charge on any atom is 0.139 e. The molecule has 0 aliphatic heterocycles. The first-order valence-electron chi connectivity index (χ1n) is 4.50. The Hall–Kier alpha value is -1.29. The molecule has 0 fully saturated rings. The molecule has 0 aromatic carbocycles. The molecule has 1 aromatic heterocycles. The van der Waals surface area contributed by atoms with Crippen LogP contribution >= 0.6 is 0 Å². The maximum atomic E-state index is 5.06. The minimum Gasteiger partial charge on any atom is -0.495 e. The molecule has 0 amide bonds. The molecule has 1 rings (SSSR count). The highest BCUT2D eigenvalue weighted by Crippen LogP contribution is 2.15. The molecular weight excluding hydrogens is 180 g/mol. The molecule has 14 heavy (non-hydrogen) atoms. The SMILES string of the molecule is COCC(C)Nc1cncc(OC)c1. The second kappa shape index (κ2) is 5.44. The zero-order valence-corrected chi connectivity index (χ0v) is 8.78. The minimum atomic E-state index is 0.258. The predicted molar refractivity (Wildman–Crippen MR) is 55.7 cm³/mol. The van der Waals surface area contributed by atoms with E-state index in [1.165, 1.54) is 0 Å². The lowest BCUT2D eigenvalue weighted by Crippen LogP contribution is -2.20. The molecule has 4 heteroatoms. The van der Waals surface area contributed by atoms with Crippen LogP contribution in [0.3, 0.4) is 0 Å². The second-order valence-electron chi connectivity index (χ2n) is 3.11. The Balaban J connectivity index is 2.57. The summed E-state index contributed by atoms with van der Waals surface area (Å²) in [5.74, 6) is 0.750. The van der Waals surface area contributed by atoms with Crippen molar-refractivity contribution in [3.05, 3.63) is 18.5 Å².